The topological polar surface area (TPSA) is 79.3 Å². The lowest BCUT2D eigenvalue weighted by molar-refractivity contribution is -0.119. The molecular weight excluding hydrogens is 342 g/mol. The Kier molecular flexibility index (Phi) is 4.94. The Hall–Kier alpha value is -2.67. The van der Waals surface area contributed by atoms with Crippen LogP contribution in [0.4, 0.5) is 5.69 Å². The number of anilines is 1. The van der Waals surface area contributed by atoms with Gasteiger partial charge >= 0.3 is 0 Å². The molecule has 2 N–H and O–H groups in total. The van der Waals surface area contributed by atoms with E-state index >= 15 is 0 Å². The number of hydrogen-bond acceptors (Lipinski definition) is 4. The lowest BCUT2D eigenvalue weighted by atomic mass is 9.90. The molecule has 0 unspecified atom stereocenters. The molecule has 1 aromatic heterocycles. The van der Waals surface area contributed by atoms with Crippen LogP contribution < -0.4 is 10.6 Å². The first-order chi connectivity index (χ1) is 13.1. The number of carbonyl (C=O) groups is 2. The zero-order valence-electron chi connectivity index (χ0n) is 15.5. The van der Waals surface area contributed by atoms with E-state index in [9.17, 15) is 9.59 Å². The van der Waals surface area contributed by atoms with E-state index in [1.165, 1.54) is 0 Å². The molecule has 2 atom stereocenters. The third kappa shape index (κ3) is 3.73. The van der Waals surface area contributed by atoms with Crippen molar-refractivity contribution in [2.75, 3.05) is 31.5 Å². The predicted octanol–water partition coefficient (Wildman–Crippen LogP) is 1.60. The fourth-order valence-electron chi connectivity index (χ4n) is 4.00. The standard InChI is InChI=1S/C20H25N5O2/c1-24-13-15(10-22-24)17-11-21-12-18(17)19(26)23-16-6-4-5-14(9-16)20(27)25-7-2-3-8-25/h4-6,9-10,13,17-18,21H,2-3,7-8,11-12H2,1H3,(H,23,26)/t17-,18+/m1/s1. The van der Waals surface area contributed by atoms with Gasteiger partial charge in [0.05, 0.1) is 12.1 Å². The van der Waals surface area contributed by atoms with Crippen LogP contribution in [0.15, 0.2) is 36.7 Å². The summed E-state index contributed by atoms with van der Waals surface area (Å²) in [6.07, 6.45) is 5.92. The molecule has 0 aliphatic carbocycles. The van der Waals surface area contributed by atoms with Gasteiger partial charge in [-0.1, -0.05) is 6.07 Å². The zero-order chi connectivity index (χ0) is 18.8. The molecule has 4 rings (SSSR count). The molecule has 0 bridgehead atoms. The number of benzene rings is 1. The third-order valence-electron chi connectivity index (χ3n) is 5.47. The highest BCUT2D eigenvalue weighted by Crippen LogP contribution is 2.29. The average Bonchev–Trinajstić information content (AvgIpc) is 3.42. The number of aryl methyl sites for hydroxylation is 1. The van der Waals surface area contributed by atoms with Crippen LogP contribution in [0, 0.1) is 5.92 Å². The number of likely N-dealkylation sites (tertiary alicyclic amines) is 1. The van der Waals surface area contributed by atoms with E-state index in [1.54, 1.807) is 10.7 Å². The molecule has 2 aromatic rings. The molecule has 0 spiro atoms. The van der Waals surface area contributed by atoms with E-state index in [0.29, 0.717) is 17.8 Å². The van der Waals surface area contributed by atoms with Crippen LogP contribution in [-0.4, -0.2) is 52.7 Å². The summed E-state index contributed by atoms with van der Waals surface area (Å²) in [4.78, 5) is 27.3. The fraction of sp³-hybridized carbons (Fsp3) is 0.450. The van der Waals surface area contributed by atoms with Gasteiger partial charge in [0.25, 0.3) is 5.91 Å². The third-order valence-corrected chi connectivity index (χ3v) is 5.47. The first kappa shape index (κ1) is 17.7. The highest BCUT2D eigenvalue weighted by molar-refractivity contribution is 5.98. The summed E-state index contributed by atoms with van der Waals surface area (Å²) in [5.41, 5.74) is 2.37. The average molecular weight is 367 g/mol. The minimum absolute atomic E-state index is 0.0281. The Morgan fingerprint density at radius 2 is 2.04 bits per heavy atom. The van der Waals surface area contributed by atoms with Crippen LogP contribution in [0.1, 0.15) is 34.7 Å². The van der Waals surface area contributed by atoms with E-state index in [2.05, 4.69) is 15.7 Å². The molecule has 0 radical (unpaired) electrons. The van der Waals surface area contributed by atoms with Crippen LogP contribution in [0.2, 0.25) is 0 Å². The number of amides is 2. The maximum Gasteiger partial charge on any atom is 0.253 e. The molecule has 3 heterocycles. The minimum atomic E-state index is -0.160. The molecular formula is C20H25N5O2. The van der Waals surface area contributed by atoms with Crippen molar-refractivity contribution >= 4 is 17.5 Å². The van der Waals surface area contributed by atoms with E-state index < -0.39 is 0 Å². The van der Waals surface area contributed by atoms with Crippen molar-refractivity contribution in [2.24, 2.45) is 13.0 Å². The second-order valence-corrected chi connectivity index (χ2v) is 7.39. The van der Waals surface area contributed by atoms with Gasteiger partial charge in [-0.3, -0.25) is 14.3 Å². The monoisotopic (exact) mass is 367 g/mol. The van der Waals surface area contributed by atoms with Crippen molar-refractivity contribution in [1.82, 2.24) is 20.0 Å². The quantitative estimate of drug-likeness (QED) is 0.860. The van der Waals surface area contributed by atoms with E-state index in [1.807, 2.05) is 42.5 Å². The van der Waals surface area contributed by atoms with Crippen molar-refractivity contribution in [3.05, 3.63) is 47.8 Å². The molecule has 2 fully saturated rings. The number of aromatic nitrogens is 2. The lowest BCUT2D eigenvalue weighted by Crippen LogP contribution is -2.29. The molecule has 2 aliphatic heterocycles. The van der Waals surface area contributed by atoms with Gasteiger partial charge in [0.2, 0.25) is 5.91 Å². The van der Waals surface area contributed by atoms with Gasteiger partial charge < -0.3 is 15.5 Å². The van der Waals surface area contributed by atoms with Gasteiger partial charge in [0, 0.05) is 56.6 Å². The number of rotatable bonds is 4. The van der Waals surface area contributed by atoms with Gasteiger partial charge in [-0.05, 0) is 36.6 Å². The summed E-state index contributed by atoms with van der Waals surface area (Å²) in [5.74, 6) is -0.0424. The number of carbonyl (C=O) groups excluding carboxylic acids is 2. The molecule has 2 aliphatic rings. The van der Waals surface area contributed by atoms with Gasteiger partial charge in [-0.15, -0.1) is 0 Å². The van der Waals surface area contributed by atoms with Gasteiger partial charge in [-0.2, -0.15) is 5.10 Å². The summed E-state index contributed by atoms with van der Waals surface area (Å²) in [5, 5.41) is 10.5. The van der Waals surface area contributed by atoms with Crippen LogP contribution >= 0.6 is 0 Å². The van der Waals surface area contributed by atoms with Crippen LogP contribution in [0.3, 0.4) is 0 Å². The van der Waals surface area contributed by atoms with E-state index in [4.69, 9.17) is 0 Å². The summed E-state index contributed by atoms with van der Waals surface area (Å²) in [6.45, 7) is 3.03. The highest BCUT2D eigenvalue weighted by atomic mass is 16.2. The Morgan fingerprint density at radius 1 is 1.22 bits per heavy atom. The molecule has 7 nitrogen and oxygen atoms in total. The smallest absolute Gasteiger partial charge is 0.253 e. The van der Waals surface area contributed by atoms with Gasteiger partial charge in [-0.25, -0.2) is 0 Å². The van der Waals surface area contributed by atoms with Crippen molar-refractivity contribution in [2.45, 2.75) is 18.8 Å². The van der Waals surface area contributed by atoms with Crippen molar-refractivity contribution < 1.29 is 9.59 Å². The van der Waals surface area contributed by atoms with E-state index in [0.717, 1.165) is 38.0 Å². The normalized spacial score (nSPS) is 22.2. The SMILES string of the molecule is Cn1cc([C@H]2CNC[C@@H]2C(=O)Nc2cccc(C(=O)N3CCCC3)c2)cn1. The molecule has 2 saturated heterocycles. The summed E-state index contributed by atoms with van der Waals surface area (Å²) in [6, 6.07) is 7.25. The fourth-order valence-corrected chi connectivity index (χ4v) is 4.00. The zero-order valence-corrected chi connectivity index (χ0v) is 15.5. The Morgan fingerprint density at radius 3 is 2.78 bits per heavy atom. The Balaban J connectivity index is 1.46. The van der Waals surface area contributed by atoms with Gasteiger partial charge in [0.1, 0.15) is 0 Å². The molecule has 7 heteroatoms. The van der Waals surface area contributed by atoms with E-state index in [-0.39, 0.29) is 23.7 Å². The molecule has 142 valence electrons. The maximum absolute atomic E-state index is 12.9. The molecule has 2 amide bonds. The lowest BCUT2D eigenvalue weighted by Gasteiger charge is -2.18. The summed E-state index contributed by atoms with van der Waals surface area (Å²) >= 11 is 0. The maximum atomic E-state index is 12.9. The highest BCUT2D eigenvalue weighted by Gasteiger charge is 2.34. The molecule has 1 aromatic carbocycles. The predicted molar refractivity (Wildman–Crippen MR) is 103 cm³/mol. The Labute approximate surface area is 158 Å². The van der Waals surface area contributed by atoms with Crippen LogP contribution in [-0.2, 0) is 11.8 Å². The number of nitrogens with one attached hydrogen (secondary N) is 2. The van der Waals surface area contributed by atoms with Crippen molar-refractivity contribution in [3.63, 3.8) is 0 Å². The van der Waals surface area contributed by atoms with Crippen LogP contribution in [0.25, 0.3) is 0 Å². The summed E-state index contributed by atoms with van der Waals surface area (Å²) in [7, 11) is 1.88. The second kappa shape index (κ2) is 7.52. The van der Waals surface area contributed by atoms with Gasteiger partial charge in [0.15, 0.2) is 0 Å². The Bertz CT molecular complexity index is 840. The second-order valence-electron chi connectivity index (χ2n) is 7.39. The first-order valence-electron chi connectivity index (χ1n) is 9.51. The molecule has 0 saturated carbocycles. The summed E-state index contributed by atoms with van der Waals surface area (Å²) < 4.78 is 1.76. The molecule has 27 heavy (non-hydrogen) atoms. The van der Waals surface area contributed by atoms with Crippen LogP contribution in [0.5, 0.6) is 0 Å². The number of hydrogen-bond donors (Lipinski definition) is 2. The minimum Gasteiger partial charge on any atom is -0.339 e. The first-order valence-corrected chi connectivity index (χ1v) is 9.51. The van der Waals surface area contributed by atoms with Crippen molar-refractivity contribution in [3.8, 4) is 0 Å². The van der Waals surface area contributed by atoms with Crippen molar-refractivity contribution in [1.29, 1.82) is 0 Å². The largest absolute Gasteiger partial charge is 0.339 e. The number of nitrogens with zero attached hydrogens (tertiary/aromatic N) is 3.